The Hall–Kier alpha value is -0.171. The van der Waals surface area contributed by atoms with Crippen LogP contribution in [-0.4, -0.2) is 21.2 Å². The van der Waals surface area contributed by atoms with E-state index in [0.29, 0.717) is 15.0 Å². The summed E-state index contributed by atoms with van der Waals surface area (Å²) in [5.74, 6) is 0.816. The zero-order chi connectivity index (χ0) is 11.1. The summed E-state index contributed by atoms with van der Waals surface area (Å²) in [5.41, 5.74) is 1.33. The molecule has 0 aliphatic carbocycles. The van der Waals surface area contributed by atoms with Gasteiger partial charge in [0.25, 0.3) is 0 Å². The molecule has 1 rings (SSSR count). The minimum atomic E-state index is 0.642. The first-order valence-corrected chi connectivity index (χ1v) is 8.45. The number of benzene rings is 1. The van der Waals surface area contributed by atoms with Gasteiger partial charge >= 0.3 is 104 Å². The van der Waals surface area contributed by atoms with Gasteiger partial charge in [-0.2, -0.15) is 0 Å². The fraction of sp³-hybridized carbons (Fsp3) is 0.385. The molecule has 0 N–H and O–H groups in total. The van der Waals surface area contributed by atoms with Gasteiger partial charge in [0.2, 0.25) is 0 Å². The monoisotopic (exact) mass is 286 g/mol. The molecular weight excluding hydrogens is 267 g/mol. The molecular formula is C13H18SSe. The minimum absolute atomic E-state index is 0.642. The number of thioether (sulfide) groups is 1. The Bertz CT molecular complexity index is 304. The van der Waals surface area contributed by atoms with Crippen molar-refractivity contribution in [2.24, 2.45) is 5.92 Å². The van der Waals surface area contributed by atoms with Gasteiger partial charge < -0.3 is 0 Å². The Morgan fingerprint density at radius 1 is 1.33 bits per heavy atom. The summed E-state index contributed by atoms with van der Waals surface area (Å²) >= 11 is 2.54. The van der Waals surface area contributed by atoms with E-state index in [1.807, 2.05) is 11.8 Å². The Morgan fingerprint density at radius 2 is 2.00 bits per heavy atom. The van der Waals surface area contributed by atoms with Crippen LogP contribution >= 0.6 is 11.8 Å². The molecule has 0 fully saturated rings. The Morgan fingerprint density at radius 3 is 2.53 bits per heavy atom. The zero-order valence-electron chi connectivity index (χ0n) is 9.57. The van der Waals surface area contributed by atoms with Crippen molar-refractivity contribution in [2.45, 2.75) is 19.2 Å². The molecule has 15 heavy (non-hydrogen) atoms. The van der Waals surface area contributed by atoms with Crippen LogP contribution in [0.25, 0.3) is 6.08 Å². The first-order chi connectivity index (χ1) is 7.22. The van der Waals surface area contributed by atoms with Crippen molar-refractivity contribution in [1.82, 2.24) is 0 Å². The van der Waals surface area contributed by atoms with Crippen LogP contribution in [0.3, 0.4) is 0 Å². The molecule has 0 saturated carbocycles. The van der Waals surface area contributed by atoms with E-state index in [4.69, 9.17) is 0 Å². The van der Waals surface area contributed by atoms with Crippen molar-refractivity contribution in [3.8, 4) is 0 Å². The molecule has 0 amide bonds. The van der Waals surface area contributed by atoms with Gasteiger partial charge in [0.15, 0.2) is 0 Å². The molecule has 0 aliphatic heterocycles. The van der Waals surface area contributed by atoms with Crippen LogP contribution in [0.1, 0.15) is 19.4 Å². The van der Waals surface area contributed by atoms with Gasteiger partial charge in [0, 0.05) is 0 Å². The third kappa shape index (κ3) is 5.46. The van der Waals surface area contributed by atoms with E-state index in [2.05, 4.69) is 56.5 Å². The van der Waals surface area contributed by atoms with Gasteiger partial charge in [-0.1, -0.05) is 0 Å². The molecule has 0 aromatic heterocycles. The summed E-state index contributed by atoms with van der Waals surface area (Å²) in [7, 11) is 0. The molecule has 1 aromatic carbocycles. The van der Waals surface area contributed by atoms with Crippen LogP contribution in [0.2, 0.25) is 5.32 Å². The second kappa shape index (κ2) is 7.16. The Balaban J connectivity index is 2.62. The van der Waals surface area contributed by atoms with Crippen molar-refractivity contribution in [2.75, 3.05) is 6.26 Å². The molecule has 0 aliphatic rings. The average molecular weight is 285 g/mol. The first-order valence-electron chi connectivity index (χ1n) is 5.16. The Kier molecular flexibility index (Phi) is 6.16. The van der Waals surface area contributed by atoms with E-state index in [1.165, 1.54) is 10.9 Å². The van der Waals surface area contributed by atoms with Gasteiger partial charge in [0.1, 0.15) is 0 Å². The molecule has 0 unspecified atom stereocenters. The average Bonchev–Trinajstić information content (AvgIpc) is 2.25. The van der Waals surface area contributed by atoms with Gasteiger partial charge in [-0.05, 0) is 0 Å². The summed E-state index contributed by atoms with van der Waals surface area (Å²) in [5, 5.41) is 1.34. The zero-order valence-corrected chi connectivity index (χ0v) is 12.1. The summed E-state index contributed by atoms with van der Waals surface area (Å²) < 4.78 is 1.54. The van der Waals surface area contributed by atoms with Crippen LogP contribution in [0, 0.1) is 5.92 Å². The third-order valence-electron chi connectivity index (χ3n) is 1.84. The van der Waals surface area contributed by atoms with Crippen LogP contribution in [-0.2, 0) is 0 Å². The number of hydrogen-bond donors (Lipinski definition) is 0. The van der Waals surface area contributed by atoms with Crippen molar-refractivity contribution < 1.29 is 0 Å². The predicted octanol–water partition coefficient (Wildman–Crippen LogP) is 4.13. The molecule has 0 atom stereocenters. The SMILES string of the molecule is CS/C(=C\c1ccccc1)[Se]CC(C)C. The molecule has 0 saturated heterocycles. The van der Waals surface area contributed by atoms with E-state index < -0.39 is 0 Å². The third-order valence-corrected chi connectivity index (χ3v) is 6.62. The normalized spacial score (nSPS) is 12.1. The molecule has 0 heterocycles. The summed E-state index contributed by atoms with van der Waals surface area (Å²) in [6.07, 6.45) is 4.50. The Labute approximate surface area is 104 Å². The second-order valence-electron chi connectivity index (χ2n) is 3.78. The second-order valence-corrected chi connectivity index (χ2v) is 7.44. The summed E-state index contributed by atoms with van der Waals surface area (Å²) in [6.45, 7) is 4.59. The van der Waals surface area contributed by atoms with Gasteiger partial charge in [-0.25, -0.2) is 0 Å². The van der Waals surface area contributed by atoms with Crippen LogP contribution < -0.4 is 0 Å². The van der Waals surface area contributed by atoms with Crippen molar-refractivity contribution >= 4 is 32.8 Å². The molecule has 0 bridgehead atoms. The molecule has 2 heteroatoms. The topological polar surface area (TPSA) is 0 Å². The van der Waals surface area contributed by atoms with Crippen LogP contribution in [0.15, 0.2) is 34.1 Å². The van der Waals surface area contributed by atoms with Crippen molar-refractivity contribution in [3.05, 3.63) is 39.7 Å². The van der Waals surface area contributed by atoms with E-state index in [-0.39, 0.29) is 0 Å². The number of hydrogen-bond acceptors (Lipinski definition) is 1. The van der Waals surface area contributed by atoms with E-state index in [9.17, 15) is 0 Å². The standard InChI is InChI=1S/C13H18SSe/c1-11(2)10-15-13(14-3)9-12-7-5-4-6-8-12/h4-9,11H,10H2,1-3H3/b13-9+. The van der Waals surface area contributed by atoms with Gasteiger partial charge in [-0.15, -0.1) is 0 Å². The summed E-state index contributed by atoms with van der Waals surface area (Å²) in [4.78, 5) is 0. The molecule has 0 radical (unpaired) electrons. The van der Waals surface area contributed by atoms with E-state index in [0.717, 1.165) is 5.92 Å². The fourth-order valence-corrected chi connectivity index (χ4v) is 4.07. The molecule has 0 nitrogen and oxygen atoms in total. The van der Waals surface area contributed by atoms with Crippen LogP contribution in [0.4, 0.5) is 0 Å². The predicted molar refractivity (Wildman–Crippen MR) is 73.3 cm³/mol. The molecule has 1 aromatic rings. The van der Waals surface area contributed by atoms with E-state index in [1.54, 1.807) is 3.80 Å². The number of rotatable bonds is 5. The maximum atomic E-state index is 2.33. The van der Waals surface area contributed by atoms with Crippen molar-refractivity contribution in [3.63, 3.8) is 0 Å². The first kappa shape index (κ1) is 12.9. The van der Waals surface area contributed by atoms with Gasteiger partial charge in [0.05, 0.1) is 0 Å². The quantitative estimate of drug-likeness (QED) is 0.733. The van der Waals surface area contributed by atoms with E-state index >= 15 is 0 Å². The fourth-order valence-electron chi connectivity index (χ4n) is 1.09. The maximum absolute atomic E-state index is 2.33. The summed E-state index contributed by atoms with van der Waals surface area (Å²) in [6, 6.07) is 10.6. The van der Waals surface area contributed by atoms with Crippen molar-refractivity contribution in [1.29, 1.82) is 0 Å². The van der Waals surface area contributed by atoms with Crippen LogP contribution in [0.5, 0.6) is 0 Å². The molecule has 82 valence electrons. The van der Waals surface area contributed by atoms with Gasteiger partial charge in [-0.3, -0.25) is 0 Å². The molecule has 0 spiro atoms.